The van der Waals surface area contributed by atoms with Gasteiger partial charge < -0.3 is 4.42 Å². The molecule has 4 heteroatoms. The van der Waals surface area contributed by atoms with E-state index in [0.29, 0.717) is 17.5 Å². The lowest BCUT2D eigenvalue weighted by molar-refractivity contribution is 0.669. The minimum atomic E-state index is 0.591. The molecule has 4 nitrogen and oxygen atoms in total. The average Bonchev–Trinajstić information content (AvgIpc) is 3.52. The van der Waals surface area contributed by atoms with Crippen molar-refractivity contribution in [2.45, 2.75) is 0 Å². The van der Waals surface area contributed by atoms with Crippen LogP contribution in [-0.4, -0.2) is 15.0 Å². The van der Waals surface area contributed by atoms with E-state index in [4.69, 9.17) is 19.4 Å². The van der Waals surface area contributed by atoms with Crippen molar-refractivity contribution in [2.75, 3.05) is 0 Å². The second-order valence-electron chi connectivity index (χ2n) is 11.7. The molecular formula is C43H27N3O. The number of furan rings is 1. The summed E-state index contributed by atoms with van der Waals surface area (Å²) >= 11 is 0. The smallest absolute Gasteiger partial charge is 0.164 e. The molecule has 0 fully saturated rings. The third-order valence-electron chi connectivity index (χ3n) is 8.74. The van der Waals surface area contributed by atoms with Gasteiger partial charge >= 0.3 is 0 Å². The van der Waals surface area contributed by atoms with Crippen molar-refractivity contribution in [1.82, 2.24) is 15.0 Å². The fraction of sp³-hybridized carbons (Fsp3) is 0. The van der Waals surface area contributed by atoms with Gasteiger partial charge in [-0.2, -0.15) is 0 Å². The summed E-state index contributed by atoms with van der Waals surface area (Å²) in [6, 6.07) is 56.4. The largest absolute Gasteiger partial charge is 0.456 e. The van der Waals surface area contributed by atoms with Crippen LogP contribution >= 0.6 is 0 Å². The van der Waals surface area contributed by atoms with Crippen molar-refractivity contribution in [3.05, 3.63) is 164 Å². The first kappa shape index (κ1) is 27.0. The van der Waals surface area contributed by atoms with Gasteiger partial charge in [0.1, 0.15) is 11.2 Å². The molecule has 0 bridgehead atoms. The first-order valence-corrected chi connectivity index (χ1v) is 15.7. The molecule has 9 aromatic rings. The molecule has 220 valence electrons. The van der Waals surface area contributed by atoms with Crippen LogP contribution in [-0.2, 0) is 0 Å². The van der Waals surface area contributed by atoms with Crippen LogP contribution in [0.4, 0.5) is 0 Å². The molecule has 0 aliphatic rings. The second-order valence-corrected chi connectivity index (χ2v) is 11.7. The summed E-state index contributed by atoms with van der Waals surface area (Å²) in [6.07, 6.45) is 0. The maximum Gasteiger partial charge on any atom is 0.164 e. The second kappa shape index (κ2) is 11.2. The monoisotopic (exact) mass is 601 g/mol. The Morgan fingerprint density at radius 2 is 0.894 bits per heavy atom. The summed E-state index contributed by atoms with van der Waals surface area (Å²) in [7, 11) is 0. The fourth-order valence-electron chi connectivity index (χ4n) is 6.34. The lowest BCUT2D eigenvalue weighted by Crippen LogP contribution is -2.01. The lowest BCUT2D eigenvalue weighted by Gasteiger charge is -2.13. The summed E-state index contributed by atoms with van der Waals surface area (Å²) in [5, 5.41) is 4.60. The summed E-state index contributed by atoms with van der Waals surface area (Å²) < 4.78 is 6.35. The predicted octanol–water partition coefficient (Wildman–Crippen LogP) is 11.3. The van der Waals surface area contributed by atoms with E-state index in [-0.39, 0.29) is 0 Å². The highest BCUT2D eigenvalue weighted by Crippen LogP contribution is 2.39. The fourth-order valence-corrected chi connectivity index (χ4v) is 6.34. The Balaban J connectivity index is 1.22. The van der Waals surface area contributed by atoms with Gasteiger partial charge in [-0.3, -0.25) is 0 Å². The third kappa shape index (κ3) is 4.93. The minimum Gasteiger partial charge on any atom is -0.456 e. The van der Waals surface area contributed by atoms with Crippen LogP contribution < -0.4 is 0 Å². The molecule has 0 aliphatic carbocycles. The number of nitrogens with zero attached hydrogens (tertiary/aromatic N) is 3. The van der Waals surface area contributed by atoms with E-state index in [1.807, 2.05) is 54.6 Å². The highest BCUT2D eigenvalue weighted by Gasteiger charge is 2.19. The SMILES string of the molecule is c1ccc(-c2nc(-c3ccc(-c4ccc5ccccc5c4)cc3)nc(-c3cc4oc5ccccc5c4cc3-c3ccccc3)n2)cc1. The number of hydrogen-bond donors (Lipinski definition) is 0. The molecule has 0 atom stereocenters. The lowest BCUT2D eigenvalue weighted by atomic mass is 9.96. The molecule has 7 aromatic carbocycles. The van der Waals surface area contributed by atoms with E-state index in [2.05, 4.69) is 109 Å². The van der Waals surface area contributed by atoms with Gasteiger partial charge in [-0.05, 0) is 57.3 Å². The Morgan fingerprint density at radius 3 is 1.66 bits per heavy atom. The summed E-state index contributed by atoms with van der Waals surface area (Å²) in [5.74, 6) is 1.82. The highest BCUT2D eigenvalue weighted by atomic mass is 16.3. The quantitative estimate of drug-likeness (QED) is 0.197. The molecule has 2 aromatic heterocycles. The van der Waals surface area contributed by atoms with Crippen LogP contribution in [0.25, 0.3) is 89.1 Å². The molecule has 0 N–H and O–H groups in total. The Morgan fingerprint density at radius 1 is 0.319 bits per heavy atom. The van der Waals surface area contributed by atoms with Crippen molar-refractivity contribution < 1.29 is 4.42 Å². The van der Waals surface area contributed by atoms with Gasteiger partial charge in [0.25, 0.3) is 0 Å². The first-order chi connectivity index (χ1) is 23.3. The number of para-hydroxylation sites is 1. The maximum absolute atomic E-state index is 6.35. The predicted molar refractivity (Wildman–Crippen MR) is 192 cm³/mol. The summed E-state index contributed by atoms with van der Waals surface area (Å²) in [5.41, 5.74) is 8.80. The van der Waals surface area contributed by atoms with E-state index >= 15 is 0 Å². The van der Waals surface area contributed by atoms with Crippen LogP contribution in [0.2, 0.25) is 0 Å². The zero-order valence-electron chi connectivity index (χ0n) is 25.3. The first-order valence-electron chi connectivity index (χ1n) is 15.7. The van der Waals surface area contributed by atoms with E-state index < -0.39 is 0 Å². The third-order valence-corrected chi connectivity index (χ3v) is 8.74. The van der Waals surface area contributed by atoms with E-state index in [9.17, 15) is 0 Å². The minimum absolute atomic E-state index is 0.591. The van der Waals surface area contributed by atoms with Crippen LogP contribution in [0.15, 0.2) is 168 Å². The molecule has 0 radical (unpaired) electrons. The zero-order valence-corrected chi connectivity index (χ0v) is 25.3. The Kier molecular flexibility index (Phi) is 6.43. The molecule has 0 aliphatic heterocycles. The van der Waals surface area contributed by atoms with E-state index in [1.54, 1.807) is 0 Å². The van der Waals surface area contributed by atoms with Crippen LogP contribution in [0.5, 0.6) is 0 Å². The van der Waals surface area contributed by atoms with Crippen molar-refractivity contribution in [3.63, 3.8) is 0 Å². The van der Waals surface area contributed by atoms with Crippen molar-refractivity contribution in [3.8, 4) is 56.4 Å². The van der Waals surface area contributed by atoms with Gasteiger partial charge in [0, 0.05) is 27.5 Å². The standard InChI is InChI=1S/C43H27N3O/c1-3-12-30(13-4-1)36-26-37-35-17-9-10-18-39(35)47-40(37)27-38(36)43-45-41(31-14-5-2-6-15-31)44-42(46-43)32-22-19-29(20-23-32)34-24-21-28-11-7-8-16-33(28)25-34/h1-27H. The average molecular weight is 602 g/mol. The van der Waals surface area contributed by atoms with Gasteiger partial charge in [-0.25, -0.2) is 15.0 Å². The number of benzene rings is 7. The topological polar surface area (TPSA) is 51.8 Å². The summed E-state index contributed by atoms with van der Waals surface area (Å²) in [6.45, 7) is 0. The molecule has 0 amide bonds. The Hall–Kier alpha value is -6.39. The number of rotatable bonds is 5. The molecule has 0 saturated heterocycles. The van der Waals surface area contributed by atoms with Crippen LogP contribution in [0.3, 0.4) is 0 Å². The number of aromatic nitrogens is 3. The normalized spacial score (nSPS) is 11.4. The number of hydrogen-bond acceptors (Lipinski definition) is 4. The van der Waals surface area contributed by atoms with Gasteiger partial charge in [0.2, 0.25) is 0 Å². The highest BCUT2D eigenvalue weighted by molar-refractivity contribution is 6.08. The van der Waals surface area contributed by atoms with Crippen molar-refractivity contribution in [2.24, 2.45) is 0 Å². The molecule has 2 heterocycles. The van der Waals surface area contributed by atoms with Crippen molar-refractivity contribution in [1.29, 1.82) is 0 Å². The Labute approximate surface area is 271 Å². The van der Waals surface area contributed by atoms with Gasteiger partial charge in [-0.15, -0.1) is 0 Å². The van der Waals surface area contributed by atoms with Gasteiger partial charge in [0.15, 0.2) is 17.5 Å². The van der Waals surface area contributed by atoms with Crippen molar-refractivity contribution >= 4 is 32.7 Å². The Bertz CT molecular complexity index is 2550. The van der Waals surface area contributed by atoms with Crippen LogP contribution in [0.1, 0.15) is 0 Å². The maximum atomic E-state index is 6.35. The molecular weight excluding hydrogens is 574 g/mol. The summed E-state index contributed by atoms with van der Waals surface area (Å²) in [4.78, 5) is 15.2. The van der Waals surface area contributed by atoms with Crippen LogP contribution in [0, 0.1) is 0 Å². The molecule has 0 spiro atoms. The molecule has 0 unspecified atom stereocenters. The van der Waals surface area contributed by atoms with E-state index in [0.717, 1.165) is 55.3 Å². The molecule has 47 heavy (non-hydrogen) atoms. The van der Waals surface area contributed by atoms with Gasteiger partial charge in [-0.1, -0.05) is 140 Å². The van der Waals surface area contributed by atoms with E-state index in [1.165, 1.54) is 16.3 Å². The molecule has 0 saturated carbocycles. The molecule has 9 rings (SSSR count). The zero-order chi connectivity index (χ0) is 31.2. The number of fused-ring (bicyclic) bond motifs is 4. The van der Waals surface area contributed by atoms with Gasteiger partial charge in [0.05, 0.1) is 0 Å².